The fourth-order valence-corrected chi connectivity index (χ4v) is 2.90. The molecule has 0 saturated heterocycles. The molecule has 3 nitrogen and oxygen atoms in total. The van der Waals surface area contributed by atoms with Crippen LogP contribution in [0.15, 0.2) is 0 Å². The highest BCUT2D eigenvalue weighted by molar-refractivity contribution is 8.31. The molecular weight excluding hydrogens is 271 g/mol. The van der Waals surface area contributed by atoms with E-state index in [1.54, 1.807) is 0 Å². The maximum Gasteiger partial charge on any atom is 0.317 e. The van der Waals surface area contributed by atoms with Gasteiger partial charge in [0.15, 0.2) is 0 Å². The summed E-state index contributed by atoms with van der Waals surface area (Å²) in [6.45, 7) is 6.67. The van der Waals surface area contributed by atoms with Gasteiger partial charge < -0.3 is 0 Å². The molecule has 16 heavy (non-hydrogen) atoms. The number of hydrogen-bond donors (Lipinski definition) is 0. The predicted molar refractivity (Wildman–Crippen MR) is 64.9 cm³/mol. The Morgan fingerprint density at radius 2 is 1.69 bits per heavy atom. The lowest BCUT2D eigenvalue weighted by Crippen LogP contribution is -2.32. The number of hydrogen-bond acceptors (Lipinski definition) is 3. The molecule has 2 rings (SSSR count). The summed E-state index contributed by atoms with van der Waals surface area (Å²) in [7, 11) is 4.81. The molecule has 1 unspecified atom stereocenters. The highest BCUT2D eigenvalue weighted by Gasteiger charge is 2.61. The summed E-state index contributed by atoms with van der Waals surface area (Å²) < 4.78 is 18.3. The first kappa shape index (κ1) is 14.3. The fourth-order valence-electron chi connectivity index (χ4n) is 2.90. The van der Waals surface area contributed by atoms with Gasteiger partial charge in [0.25, 0.3) is 0 Å². The third kappa shape index (κ3) is 2.54. The molecule has 0 radical (unpaired) electrons. The number of rotatable bonds is 0. The molecule has 0 aromatic heterocycles. The van der Waals surface area contributed by atoms with Crippen molar-refractivity contribution < 1.29 is 13.2 Å². The van der Waals surface area contributed by atoms with Crippen molar-refractivity contribution in [3.05, 3.63) is 0 Å². The van der Waals surface area contributed by atoms with E-state index in [1.165, 1.54) is 6.42 Å². The number of carbonyl (C=O) groups excluding carboxylic acids is 1. The van der Waals surface area contributed by atoms with Crippen molar-refractivity contribution in [2.45, 2.75) is 40.0 Å². The Labute approximate surface area is 105 Å². The Kier molecular flexibility index (Phi) is 3.69. The standard InChI is InChI=1S/C10H16O.Cl2O2S/c1-9(2)7-4-5-10(9,3)8(11)6-7;1-5(2,3)4/h7H,4-6H2,1-3H3;/t7?,10-;/m0./s1. The minimum Gasteiger partial charge on any atom is -0.299 e. The number of fused-ring (bicyclic) bond motifs is 2. The molecule has 0 aliphatic heterocycles. The Morgan fingerprint density at radius 1 is 1.25 bits per heavy atom. The van der Waals surface area contributed by atoms with Gasteiger partial charge in [-0.05, 0) is 24.2 Å². The summed E-state index contributed by atoms with van der Waals surface area (Å²) in [5, 5.41) is 0. The van der Waals surface area contributed by atoms with Crippen molar-refractivity contribution in [3.63, 3.8) is 0 Å². The molecule has 0 N–H and O–H groups in total. The van der Waals surface area contributed by atoms with E-state index in [1.807, 2.05) is 0 Å². The van der Waals surface area contributed by atoms with Crippen molar-refractivity contribution in [2.75, 3.05) is 0 Å². The van der Waals surface area contributed by atoms with Gasteiger partial charge in [0.05, 0.1) is 0 Å². The third-order valence-electron chi connectivity index (χ3n) is 4.48. The zero-order chi connectivity index (χ0) is 12.8. The van der Waals surface area contributed by atoms with Gasteiger partial charge in [0.1, 0.15) is 5.78 Å². The van der Waals surface area contributed by atoms with E-state index in [-0.39, 0.29) is 10.8 Å². The minimum atomic E-state index is -3.72. The lowest BCUT2D eigenvalue weighted by molar-refractivity contribution is -0.128. The van der Waals surface area contributed by atoms with Crippen LogP contribution in [0.5, 0.6) is 0 Å². The highest BCUT2D eigenvalue weighted by Crippen LogP contribution is 2.63. The first-order chi connectivity index (χ1) is 6.98. The van der Waals surface area contributed by atoms with E-state index < -0.39 is 8.26 Å². The smallest absolute Gasteiger partial charge is 0.299 e. The van der Waals surface area contributed by atoms with E-state index >= 15 is 0 Å². The normalized spacial score (nSPS) is 35.8. The second-order valence-corrected chi connectivity index (χ2v) is 8.96. The van der Waals surface area contributed by atoms with E-state index in [0.717, 1.165) is 12.8 Å². The Bertz CT molecular complexity index is 394. The molecule has 2 fully saturated rings. The zero-order valence-electron chi connectivity index (χ0n) is 9.59. The molecule has 0 amide bonds. The van der Waals surface area contributed by atoms with Gasteiger partial charge in [-0.15, -0.1) is 0 Å². The largest absolute Gasteiger partial charge is 0.317 e. The van der Waals surface area contributed by atoms with E-state index in [2.05, 4.69) is 42.1 Å². The molecule has 0 spiro atoms. The van der Waals surface area contributed by atoms with Crippen LogP contribution in [0.3, 0.4) is 0 Å². The summed E-state index contributed by atoms with van der Waals surface area (Å²) in [6, 6.07) is 0. The molecule has 6 heteroatoms. The van der Waals surface area contributed by atoms with E-state index in [0.29, 0.717) is 11.7 Å². The molecule has 2 aliphatic carbocycles. The number of halogens is 2. The van der Waals surface area contributed by atoms with Gasteiger partial charge >= 0.3 is 8.26 Å². The lowest BCUT2D eigenvalue weighted by Gasteiger charge is -2.32. The van der Waals surface area contributed by atoms with Crippen LogP contribution in [0.25, 0.3) is 0 Å². The van der Waals surface area contributed by atoms with Gasteiger partial charge in [0.2, 0.25) is 0 Å². The topological polar surface area (TPSA) is 51.2 Å². The van der Waals surface area contributed by atoms with Crippen molar-refractivity contribution >= 4 is 35.4 Å². The summed E-state index contributed by atoms with van der Waals surface area (Å²) in [5.41, 5.74) is 0.307. The maximum atomic E-state index is 11.6. The number of Topliss-reactive ketones (excluding diaryl/α,β-unsaturated/α-hetero) is 1. The Hall–Kier alpha value is 0.200. The van der Waals surface area contributed by atoms with Crippen LogP contribution >= 0.6 is 21.4 Å². The van der Waals surface area contributed by atoms with Crippen molar-refractivity contribution in [1.82, 2.24) is 0 Å². The van der Waals surface area contributed by atoms with Crippen LogP contribution in [-0.2, 0) is 13.1 Å². The Morgan fingerprint density at radius 3 is 1.81 bits per heavy atom. The minimum absolute atomic E-state index is 0.0255. The molecule has 2 saturated carbocycles. The molecule has 2 bridgehead atoms. The van der Waals surface area contributed by atoms with E-state index in [9.17, 15) is 4.79 Å². The number of ketones is 1. The van der Waals surface area contributed by atoms with Gasteiger partial charge in [-0.1, -0.05) is 20.8 Å². The van der Waals surface area contributed by atoms with Crippen molar-refractivity contribution in [1.29, 1.82) is 0 Å². The highest BCUT2D eigenvalue weighted by atomic mass is 36.0. The molecule has 2 aliphatic rings. The number of carbonyl (C=O) groups is 1. The molecule has 0 heterocycles. The second-order valence-electron chi connectivity index (χ2n) is 5.30. The van der Waals surface area contributed by atoms with Crippen LogP contribution in [0, 0.1) is 16.7 Å². The van der Waals surface area contributed by atoms with Crippen LogP contribution in [0.1, 0.15) is 40.0 Å². The zero-order valence-corrected chi connectivity index (χ0v) is 11.9. The summed E-state index contributed by atoms with van der Waals surface area (Å²) in [4.78, 5) is 11.6. The van der Waals surface area contributed by atoms with Crippen molar-refractivity contribution in [3.8, 4) is 0 Å². The first-order valence-corrected chi connectivity index (χ1v) is 8.29. The fraction of sp³-hybridized carbons (Fsp3) is 0.900. The third-order valence-corrected chi connectivity index (χ3v) is 4.48. The maximum absolute atomic E-state index is 11.6. The van der Waals surface area contributed by atoms with Gasteiger partial charge in [-0.25, -0.2) is 0 Å². The lowest BCUT2D eigenvalue weighted by atomic mass is 9.70. The van der Waals surface area contributed by atoms with E-state index in [4.69, 9.17) is 8.42 Å². The molecule has 0 aromatic rings. The quantitative estimate of drug-likeness (QED) is 0.643. The molecule has 2 atom stereocenters. The molecule has 0 aromatic carbocycles. The average Bonchev–Trinajstić information content (AvgIpc) is 2.33. The summed E-state index contributed by atoms with van der Waals surface area (Å²) >= 11 is 0. The first-order valence-electron chi connectivity index (χ1n) is 5.16. The van der Waals surface area contributed by atoms with Gasteiger partial charge in [-0.2, -0.15) is 8.42 Å². The average molecular weight is 287 g/mol. The summed E-state index contributed by atoms with van der Waals surface area (Å²) in [6.07, 6.45) is 3.25. The molecule has 94 valence electrons. The Balaban J connectivity index is 0.000000221. The van der Waals surface area contributed by atoms with Gasteiger partial charge in [0, 0.05) is 33.2 Å². The van der Waals surface area contributed by atoms with Crippen molar-refractivity contribution in [2.24, 2.45) is 16.7 Å². The van der Waals surface area contributed by atoms with Crippen LogP contribution in [-0.4, -0.2) is 14.2 Å². The monoisotopic (exact) mass is 286 g/mol. The molecular formula is C10H16Cl2O3S. The predicted octanol–water partition coefficient (Wildman–Crippen LogP) is 3.11. The van der Waals surface area contributed by atoms with Gasteiger partial charge in [-0.3, -0.25) is 4.79 Å². The SMILES string of the molecule is CC1(C)C2CC[C@@]1(C)C(=O)C2.O=S(=O)(Cl)Cl. The van der Waals surface area contributed by atoms with Crippen LogP contribution in [0.4, 0.5) is 0 Å². The van der Waals surface area contributed by atoms with Crippen LogP contribution in [0.2, 0.25) is 0 Å². The summed E-state index contributed by atoms with van der Waals surface area (Å²) in [5.74, 6) is 1.19. The van der Waals surface area contributed by atoms with Crippen LogP contribution < -0.4 is 0 Å². The second kappa shape index (κ2) is 4.14.